The van der Waals surface area contributed by atoms with Gasteiger partial charge in [0.15, 0.2) is 0 Å². The van der Waals surface area contributed by atoms with E-state index in [1.165, 1.54) is 13.2 Å². The third kappa shape index (κ3) is 3.16. The van der Waals surface area contributed by atoms with Crippen molar-refractivity contribution in [3.05, 3.63) is 18.2 Å². The topological polar surface area (TPSA) is 75.7 Å². The Morgan fingerprint density at radius 3 is 2.75 bits per heavy atom. The molecule has 0 radical (unpaired) electrons. The highest BCUT2D eigenvalue weighted by Crippen LogP contribution is 2.34. The van der Waals surface area contributed by atoms with E-state index in [2.05, 4.69) is 4.72 Å². The standard InChI is InChI=1S/C12H15ClN2O4S/c1-19-11-7-9(14-20(17,18)8-13)4-5-10(11)15-6-2-3-12(15)16/h4-5,7,14H,2-3,6,8H2,1H3. The lowest BCUT2D eigenvalue weighted by molar-refractivity contribution is -0.117. The summed E-state index contributed by atoms with van der Waals surface area (Å²) in [5, 5.41) is -0.526. The molecule has 1 saturated heterocycles. The van der Waals surface area contributed by atoms with Crippen molar-refractivity contribution < 1.29 is 17.9 Å². The first-order valence-electron chi connectivity index (χ1n) is 6.01. The maximum atomic E-state index is 11.7. The monoisotopic (exact) mass is 318 g/mol. The van der Waals surface area contributed by atoms with Gasteiger partial charge in [-0.3, -0.25) is 9.52 Å². The fourth-order valence-electron chi connectivity index (χ4n) is 2.07. The van der Waals surface area contributed by atoms with E-state index < -0.39 is 15.2 Å². The number of sulfonamides is 1. The molecule has 6 nitrogen and oxygen atoms in total. The Kier molecular flexibility index (Phi) is 4.39. The van der Waals surface area contributed by atoms with Gasteiger partial charge >= 0.3 is 0 Å². The largest absolute Gasteiger partial charge is 0.494 e. The summed E-state index contributed by atoms with van der Waals surface area (Å²) < 4.78 is 30.4. The quantitative estimate of drug-likeness (QED) is 0.839. The van der Waals surface area contributed by atoms with E-state index in [1.54, 1.807) is 17.0 Å². The van der Waals surface area contributed by atoms with Crippen molar-refractivity contribution in [3.8, 4) is 5.75 Å². The molecular weight excluding hydrogens is 304 g/mol. The maximum Gasteiger partial charge on any atom is 0.246 e. The molecular formula is C12H15ClN2O4S. The van der Waals surface area contributed by atoms with Gasteiger partial charge in [0.2, 0.25) is 15.9 Å². The van der Waals surface area contributed by atoms with E-state index in [0.717, 1.165) is 6.42 Å². The summed E-state index contributed by atoms with van der Waals surface area (Å²) in [6.45, 7) is 0.641. The second-order valence-electron chi connectivity index (χ2n) is 4.36. The van der Waals surface area contributed by atoms with Gasteiger partial charge in [0.25, 0.3) is 0 Å². The Bertz CT molecular complexity index is 618. The number of hydrogen-bond acceptors (Lipinski definition) is 4. The number of alkyl halides is 1. The molecule has 0 aliphatic carbocycles. The van der Waals surface area contributed by atoms with Crippen LogP contribution in [0, 0.1) is 0 Å². The van der Waals surface area contributed by atoms with Crippen molar-refractivity contribution in [1.29, 1.82) is 0 Å². The second-order valence-corrected chi connectivity index (χ2v) is 6.67. The number of benzene rings is 1. The van der Waals surface area contributed by atoms with E-state index in [4.69, 9.17) is 16.3 Å². The molecule has 0 spiro atoms. The van der Waals surface area contributed by atoms with Gasteiger partial charge in [-0.1, -0.05) is 0 Å². The summed E-state index contributed by atoms with van der Waals surface area (Å²) in [4.78, 5) is 13.4. The molecule has 110 valence electrons. The number of hydrogen-bond donors (Lipinski definition) is 1. The van der Waals surface area contributed by atoms with E-state index in [1.807, 2.05) is 0 Å². The van der Waals surface area contributed by atoms with Crippen LogP contribution in [0.4, 0.5) is 11.4 Å². The molecule has 8 heteroatoms. The van der Waals surface area contributed by atoms with Crippen LogP contribution in [0.3, 0.4) is 0 Å². The Labute approximate surface area is 122 Å². The molecule has 0 unspecified atom stereocenters. The second kappa shape index (κ2) is 5.88. The van der Waals surface area contributed by atoms with E-state index in [0.29, 0.717) is 30.1 Å². The summed E-state index contributed by atoms with van der Waals surface area (Å²) >= 11 is 5.34. The summed E-state index contributed by atoms with van der Waals surface area (Å²) in [6.07, 6.45) is 1.33. The first-order chi connectivity index (χ1) is 9.46. The van der Waals surface area contributed by atoms with Crippen LogP contribution >= 0.6 is 11.6 Å². The number of amides is 1. The molecule has 2 rings (SSSR count). The molecule has 0 saturated carbocycles. The number of nitrogens with zero attached hydrogens (tertiary/aromatic N) is 1. The van der Waals surface area contributed by atoms with Crippen molar-refractivity contribution in [1.82, 2.24) is 0 Å². The summed E-state index contributed by atoms with van der Waals surface area (Å²) in [5.74, 6) is 0.479. The predicted octanol–water partition coefficient (Wildman–Crippen LogP) is 1.76. The Balaban J connectivity index is 2.31. The summed E-state index contributed by atoms with van der Waals surface area (Å²) in [6, 6.07) is 4.77. The van der Waals surface area contributed by atoms with Crippen LogP contribution in [0.25, 0.3) is 0 Å². The van der Waals surface area contributed by atoms with Gasteiger partial charge in [0.1, 0.15) is 11.0 Å². The number of carbonyl (C=O) groups excluding carboxylic acids is 1. The number of ether oxygens (including phenoxy) is 1. The molecule has 1 N–H and O–H groups in total. The smallest absolute Gasteiger partial charge is 0.246 e. The molecule has 1 aliphatic rings. The first kappa shape index (κ1) is 14.9. The predicted molar refractivity (Wildman–Crippen MR) is 77.8 cm³/mol. The first-order valence-corrected chi connectivity index (χ1v) is 8.20. The summed E-state index contributed by atoms with van der Waals surface area (Å²) in [7, 11) is -2.09. The Morgan fingerprint density at radius 1 is 1.45 bits per heavy atom. The number of anilines is 2. The van der Waals surface area contributed by atoms with Crippen LogP contribution in [-0.4, -0.2) is 33.2 Å². The van der Waals surface area contributed by atoms with Gasteiger partial charge in [0, 0.05) is 19.0 Å². The van der Waals surface area contributed by atoms with E-state index in [9.17, 15) is 13.2 Å². The van der Waals surface area contributed by atoms with Crippen molar-refractivity contribution in [2.75, 3.05) is 28.5 Å². The van der Waals surface area contributed by atoms with Gasteiger partial charge < -0.3 is 9.64 Å². The van der Waals surface area contributed by atoms with Crippen LogP contribution in [0.5, 0.6) is 5.75 Å². The molecule has 20 heavy (non-hydrogen) atoms. The lowest BCUT2D eigenvalue weighted by Gasteiger charge is -2.19. The summed E-state index contributed by atoms with van der Waals surface area (Å²) in [5.41, 5.74) is 0.988. The average molecular weight is 319 g/mol. The number of carbonyl (C=O) groups is 1. The number of nitrogens with one attached hydrogen (secondary N) is 1. The van der Waals surface area contributed by atoms with Crippen LogP contribution < -0.4 is 14.4 Å². The third-order valence-electron chi connectivity index (χ3n) is 2.96. The highest BCUT2D eigenvalue weighted by Gasteiger charge is 2.24. The molecule has 1 fully saturated rings. The third-order valence-corrected chi connectivity index (χ3v) is 4.66. The maximum absolute atomic E-state index is 11.7. The van der Waals surface area contributed by atoms with Gasteiger partial charge in [0.05, 0.1) is 18.5 Å². The zero-order valence-electron chi connectivity index (χ0n) is 10.9. The lowest BCUT2D eigenvalue weighted by atomic mass is 10.2. The minimum atomic E-state index is -3.56. The molecule has 1 aromatic rings. The highest BCUT2D eigenvalue weighted by molar-refractivity contribution is 7.93. The zero-order chi connectivity index (χ0) is 14.8. The van der Waals surface area contributed by atoms with Crippen molar-refractivity contribution in [2.24, 2.45) is 0 Å². The minimum Gasteiger partial charge on any atom is -0.494 e. The Morgan fingerprint density at radius 2 is 2.20 bits per heavy atom. The zero-order valence-corrected chi connectivity index (χ0v) is 12.5. The van der Waals surface area contributed by atoms with Gasteiger partial charge in [-0.2, -0.15) is 0 Å². The highest BCUT2D eigenvalue weighted by atomic mass is 35.5. The van der Waals surface area contributed by atoms with E-state index in [-0.39, 0.29) is 5.91 Å². The van der Waals surface area contributed by atoms with Crippen LogP contribution in [0.15, 0.2) is 18.2 Å². The molecule has 0 bridgehead atoms. The molecule has 0 aromatic heterocycles. The molecule has 1 aromatic carbocycles. The number of methoxy groups -OCH3 is 1. The fourth-order valence-corrected chi connectivity index (χ4v) is 2.78. The van der Waals surface area contributed by atoms with Crippen molar-refractivity contribution >= 4 is 38.9 Å². The van der Waals surface area contributed by atoms with E-state index >= 15 is 0 Å². The fraction of sp³-hybridized carbons (Fsp3) is 0.417. The minimum absolute atomic E-state index is 0.0392. The van der Waals surface area contributed by atoms with Gasteiger partial charge in [-0.15, -0.1) is 11.6 Å². The van der Waals surface area contributed by atoms with Crippen LogP contribution in [0.2, 0.25) is 0 Å². The van der Waals surface area contributed by atoms with Crippen LogP contribution in [-0.2, 0) is 14.8 Å². The molecule has 1 aliphatic heterocycles. The van der Waals surface area contributed by atoms with Crippen molar-refractivity contribution in [3.63, 3.8) is 0 Å². The molecule has 0 atom stereocenters. The Hall–Kier alpha value is -1.47. The number of halogens is 1. The van der Waals surface area contributed by atoms with Crippen LogP contribution in [0.1, 0.15) is 12.8 Å². The average Bonchev–Trinajstić information content (AvgIpc) is 2.84. The number of rotatable bonds is 5. The molecule has 1 heterocycles. The normalized spacial score (nSPS) is 15.5. The van der Waals surface area contributed by atoms with Crippen molar-refractivity contribution in [2.45, 2.75) is 12.8 Å². The SMILES string of the molecule is COc1cc(NS(=O)(=O)CCl)ccc1N1CCCC1=O. The van der Waals surface area contributed by atoms with Gasteiger partial charge in [-0.25, -0.2) is 8.42 Å². The lowest BCUT2D eigenvalue weighted by Crippen LogP contribution is -2.24. The molecule has 1 amide bonds. The van der Waals surface area contributed by atoms with Gasteiger partial charge in [-0.05, 0) is 18.6 Å².